The standard InChI is InChI=1S/C16H25NO2/c1-5-15(18)14-12-13(4)8-9-16(14)19-11-10-17(6-2)7-3/h8-9,12H,5-7,10-11H2,1-4H3. The van der Waals surface area contributed by atoms with Crippen molar-refractivity contribution in [3.8, 4) is 5.75 Å². The Morgan fingerprint density at radius 1 is 1.21 bits per heavy atom. The van der Waals surface area contributed by atoms with Gasteiger partial charge in [0.2, 0.25) is 0 Å². The number of ketones is 1. The number of hydrogen-bond acceptors (Lipinski definition) is 3. The summed E-state index contributed by atoms with van der Waals surface area (Å²) in [4.78, 5) is 14.2. The lowest BCUT2D eigenvalue weighted by Gasteiger charge is -2.18. The molecule has 3 nitrogen and oxygen atoms in total. The van der Waals surface area contributed by atoms with Crippen LogP contribution in [0.3, 0.4) is 0 Å². The Balaban J connectivity index is 2.69. The number of Topliss-reactive ketones (excluding diaryl/α,β-unsaturated/α-hetero) is 1. The van der Waals surface area contributed by atoms with Crippen molar-refractivity contribution in [2.45, 2.75) is 34.1 Å². The Kier molecular flexibility index (Phi) is 6.57. The van der Waals surface area contributed by atoms with Crippen LogP contribution in [0.2, 0.25) is 0 Å². The summed E-state index contributed by atoms with van der Waals surface area (Å²) in [6.45, 7) is 11.7. The molecule has 1 rings (SSSR count). The molecule has 0 saturated heterocycles. The molecular formula is C16H25NO2. The third-order valence-electron chi connectivity index (χ3n) is 3.32. The maximum atomic E-state index is 11.9. The van der Waals surface area contributed by atoms with Crippen LogP contribution in [0, 0.1) is 6.92 Å². The number of nitrogens with zero attached hydrogens (tertiary/aromatic N) is 1. The molecule has 1 aromatic rings. The van der Waals surface area contributed by atoms with E-state index in [1.807, 2.05) is 32.0 Å². The van der Waals surface area contributed by atoms with Gasteiger partial charge in [-0.1, -0.05) is 32.4 Å². The second-order valence-corrected chi connectivity index (χ2v) is 4.65. The first-order valence-corrected chi connectivity index (χ1v) is 7.11. The Morgan fingerprint density at radius 2 is 1.89 bits per heavy atom. The van der Waals surface area contributed by atoms with E-state index in [0.717, 1.165) is 25.2 Å². The van der Waals surface area contributed by atoms with Gasteiger partial charge in [-0.2, -0.15) is 0 Å². The van der Waals surface area contributed by atoms with E-state index in [9.17, 15) is 4.79 Å². The van der Waals surface area contributed by atoms with Crippen molar-refractivity contribution in [3.05, 3.63) is 29.3 Å². The summed E-state index contributed by atoms with van der Waals surface area (Å²) in [6.07, 6.45) is 0.510. The summed E-state index contributed by atoms with van der Waals surface area (Å²) >= 11 is 0. The van der Waals surface area contributed by atoms with Crippen LogP contribution in [0.5, 0.6) is 5.75 Å². The minimum Gasteiger partial charge on any atom is -0.491 e. The zero-order chi connectivity index (χ0) is 14.3. The zero-order valence-corrected chi connectivity index (χ0v) is 12.5. The van der Waals surface area contributed by atoms with Crippen molar-refractivity contribution in [1.82, 2.24) is 4.90 Å². The van der Waals surface area contributed by atoms with E-state index in [-0.39, 0.29) is 5.78 Å². The highest BCUT2D eigenvalue weighted by Crippen LogP contribution is 2.21. The molecule has 0 unspecified atom stereocenters. The van der Waals surface area contributed by atoms with Crippen LogP contribution in [0.4, 0.5) is 0 Å². The minimum atomic E-state index is 0.140. The van der Waals surface area contributed by atoms with Gasteiger partial charge in [-0.05, 0) is 32.1 Å². The minimum absolute atomic E-state index is 0.140. The summed E-state index contributed by atoms with van der Waals surface area (Å²) in [5, 5.41) is 0. The van der Waals surface area contributed by atoms with Gasteiger partial charge in [0, 0.05) is 13.0 Å². The summed E-state index contributed by atoms with van der Waals surface area (Å²) in [6, 6.07) is 5.80. The SMILES string of the molecule is CCC(=O)c1cc(C)ccc1OCCN(CC)CC. The maximum absolute atomic E-state index is 11.9. The van der Waals surface area contributed by atoms with Gasteiger partial charge in [-0.15, -0.1) is 0 Å². The molecule has 0 fully saturated rings. The lowest BCUT2D eigenvalue weighted by atomic mass is 10.1. The lowest BCUT2D eigenvalue weighted by molar-refractivity contribution is 0.0983. The average Bonchev–Trinajstić information content (AvgIpc) is 2.44. The van der Waals surface area contributed by atoms with Crippen molar-refractivity contribution in [2.24, 2.45) is 0 Å². The lowest BCUT2D eigenvalue weighted by Crippen LogP contribution is -2.28. The van der Waals surface area contributed by atoms with Crippen LogP contribution >= 0.6 is 0 Å². The fourth-order valence-electron chi connectivity index (χ4n) is 2.00. The molecule has 0 radical (unpaired) electrons. The van der Waals surface area contributed by atoms with Crippen LogP contribution < -0.4 is 4.74 Å². The number of likely N-dealkylation sites (N-methyl/N-ethyl adjacent to an activating group) is 1. The predicted molar refractivity (Wildman–Crippen MR) is 79.1 cm³/mol. The molecule has 0 aliphatic rings. The highest BCUT2D eigenvalue weighted by atomic mass is 16.5. The van der Waals surface area contributed by atoms with E-state index in [2.05, 4.69) is 18.7 Å². The van der Waals surface area contributed by atoms with Crippen LogP contribution in [0.15, 0.2) is 18.2 Å². The summed E-state index contributed by atoms with van der Waals surface area (Å²) in [5.74, 6) is 0.853. The Morgan fingerprint density at radius 3 is 2.47 bits per heavy atom. The molecule has 0 spiro atoms. The Hall–Kier alpha value is -1.35. The number of carbonyl (C=O) groups is 1. The summed E-state index contributed by atoms with van der Waals surface area (Å²) in [7, 11) is 0. The molecule has 0 aliphatic heterocycles. The molecule has 0 saturated carbocycles. The zero-order valence-electron chi connectivity index (χ0n) is 12.5. The smallest absolute Gasteiger partial charge is 0.166 e. The maximum Gasteiger partial charge on any atom is 0.166 e. The van der Waals surface area contributed by atoms with Crippen LogP contribution in [-0.2, 0) is 0 Å². The van der Waals surface area contributed by atoms with Crippen molar-refractivity contribution >= 4 is 5.78 Å². The predicted octanol–water partition coefficient (Wildman–Crippen LogP) is 3.31. The van der Waals surface area contributed by atoms with Gasteiger partial charge < -0.3 is 9.64 Å². The second-order valence-electron chi connectivity index (χ2n) is 4.65. The fraction of sp³-hybridized carbons (Fsp3) is 0.562. The van der Waals surface area contributed by atoms with E-state index in [4.69, 9.17) is 4.74 Å². The van der Waals surface area contributed by atoms with Gasteiger partial charge in [-0.3, -0.25) is 4.79 Å². The van der Waals surface area contributed by atoms with Gasteiger partial charge in [-0.25, -0.2) is 0 Å². The van der Waals surface area contributed by atoms with Crippen molar-refractivity contribution in [2.75, 3.05) is 26.2 Å². The summed E-state index contributed by atoms with van der Waals surface area (Å²) in [5.41, 5.74) is 1.80. The van der Waals surface area contributed by atoms with Crippen LogP contribution in [0.25, 0.3) is 0 Å². The molecular weight excluding hydrogens is 238 g/mol. The number of rotatable bonds is 8. The van der Waals surface area contributed by atoms with E-state index < -0.39 is 0 Å². The molecule has 3 heteroatoms. The molecule has 0 atom stereocenters. The van der Waals surface area contributed by atoms with E-state index in [1.165, 1.54) is 0 Å². The Bertz CT molecular complexity index is 411. The molecule has 0 N–H and O–H groups in total. The molecule has 19 heavy (non-hydrogen) atoms. The third-order valence-corrected chi connectivity index (χ3v) is 3.32. The second kappa shape index (κ2) is 7.95. The van der Waals surface area contributed by atoms with Crippen LogP contribution in [0.1, 0.15) is 43.1 Å². The number of carbonyl (C=O) groups excluding carboxylic acids is 1. The molecule has 0 aromatic heterocycles. The first kappa shape index (κ1) is 15.7. The molecule has 0 heterocycles. The number of ether oxygens (including phenoxy) is 1. The number of benzene rings is 1. The monoisotopic (exact) mass is 263 g/mol. The van der Waals surface area contributed by atoms with Crippen molar-refractivity contribution in [1.29, 1.82) is 0 Å². The first-order chi connectivity index (χ1) is 9.12. The van der Waals surface area contributed by atoms with Gasteiger partial charge in [0.15, 0.2) is 5.78 Å². The van der Waals surface area contributed by atoms with Gasteiger partial charge in [0.1, 0.15) is 12.4 Å². The van der Waals surface area contributed by atoms with Gasteiger partial charge >= 0.3 is 0 Å². The average molecular weight is 263 g/mol. The molecule has 0 amide bonds. The van der Waals surface area contributed by atoms with E-state index >= 15 is 0 Å². The van der Waals surface area contributed by atoms with Gasteiger partial charge in [0.05, 0.1) is 5.56 Å². The molecule has 0 bridgehead atoms. The van der Waals surface area contributed by atoms with E-state index in [0.29, 0.717) is 24.3 Å². The van der Waals surface area contributed by atoms with E-state index in [1.54, 1.807) is 0 Å². The quantitative estimate of drug-likeness (QED) is 0.674. The fourth-order valence-corrected chi connectivity index (χ4v) is 2.00. The Labute approximate surface area is 116 Å². The largest absolute Gasteiger partial charge is 0.491 e. The van der Waals surface area contributed by atoms with Gasteiger partial charge in [0.25, 0.3) is 0 Å². The normalized spacial score (nSPS) is 10.8. The highest BCUT2D eigenvalue weighted by Gasteiger charge is 2.11. The number of aryl methyl sites for hydroxylation is 1. The van der Waals surface area contributed by atoms with Crippen LogP contribution in [-0.4, -0.2) is 36.9 Å². The first-order valence-electron chi connectivity index (χ1n) is 7.11. The van der Waals surface area contributed by atoms with Crippen molar-refractivity contribution in [3.63, 3.8) is 0 Å². The third kappa shape index (κ3) is 4.67. The molecule has 0 aliphatic carbocycles. The number of hydrogen-bond donors (Lipinski definition) is 0. The highest BCUT2D eigenvalue weighted by molar-refractivity contribution is 5.98. The molecule has 1 aromatic carbocycles. The topological polar surface area (TPSA) is 29.5 Å². The molecule has 106 valence electrons. The summed E-state index contributed by atoms with van der Waals surface area (Å²) < 4.78 is 5.79. The van der Waals surface area contributed by atoms with Crippen molar-refractivity contribution < 1.29 is 9.53 Å².